The van der Waals surface area contributed by atoms with E-state index < -0.39 is 0 Å². The number of piperidine rings is 1. The predicted octanol–water partition coefficient (Wildman–Crippen LogP) is 1.36. The van der Waals surface area contributed by atoms with Crippen molar-refractivity contribution < 1.29 is 14.3 Å². The van der Waals surface area contributed by atoms with Gasteiger partial charge in [0.25, 0.3) is 0 Å². The molecule has 0 aromatic carbocycles. The third-order valence-electron chi connectivity index (χ3n) is 3.57. The zero-order chi connectivity index (χ0) is 15.7. The van der Waals surface area contributed by atoms with Crippen LogP contribution in [0.15, 0.2) is 0 Å². The summed E-state index contributed by atoms with van der Waals surface area (Å²) in [7, 11) is 0. The molecule has 0 radical (unpaired) electrons. The van der Waals surface area contributed by atoms with E-state index in [0.717, 1.165) is 25.8 Å². The molecular weight excluding hydrogens is 270 g/mol. The summed E-state index contributed by atoms with van der Waals surface area (Å²) < 4.78 is 4.97. The molecule has 0 aliphatic carbocycles. The van der Waals surface area contributed by atoms with Crippen molar-refractivity contribution >= 4 is 12.0 Å². The van der Waals surface area contributed by atoms with Crippen LogP contribution in [0, 0.1) is 5.92 Å². The van der Waals surface area contributed by atoms with Crippen LogP contribution in [-0.2, 0) is 9.53 Å². The molecule has 0 aromatic heterocycles. The van der Waals surface area contributed by atoms with E-state index in [1.54, 1.807) is 11.8 Å². The van der Waals surface area contributed by atoms with E-state index >= 15 is 0 Å². The minimum atomic E-state index is -0.252. The van der Waals surface area contributed by atoms with Gasteiger partial charge in [-0.25, -0.2) is 4.79 Å². The molecule has 122 valence electrons. The lowest BCUT2D eigenvalue weighted by Gasteiger charge is -2.31. The zero-order valence-electron chi connectivity index (χ0n) is 13.5. The topological polar surface area (TPSA) is 70.7 Å². The number of carbonyl (C=O) groups is 2. The van der Waals surface area contributed by atoms with Crippen LogP contribution < -0.4 is 10.6 Å². The van der Waals surface area contributed by atoms with Gasteiger partial charge in [0.05, 0.1) is 13.2 Å². The second-order valence-corrected chi connectivity index (χ2v) is 5.89. The average Bonchev–Trinajstić information content (AvgIpc) is 2.44. The molecule has 0 spiro atoms. The Hall–Kier alpha value is -1.30. The SMILES string of the molecule is CCOC(=O)N1CCC(NC(=O)CNCCC(C)C)CC1. The van der Waals surface area contributed by atoms with Crippen LogP contribution in [0.4, 0.5) is 4.79 Å². The van der Waals surface area contributed by atoms with Crippen molar-refractivity contribution in [1.29, 1.82) is 0 Å². The maximum Gasteiger partial charge on any atom is 0.409 e. The summed E-state index contributed by atoms with van der Waals surface area (Å²) in [5.41, 5.74) is 0. The van der Waals surface area contributed by atoms with Gasteiger partial charge in [-0.15, -0.1) is 0 Å². The third kappa shape index (κ3) is 7.32. The summed E-state index contributed by atoms with van der Waals surface area (Å²) >= 11 is 0. The quantitative estimate of drug-likeness (QED) is 0.696. The highest BCUT2D eigenvalue weighted by atomic mass is 16.6. The summed E-state index contributed by atoms with van der Waals surface area (Å²) in [6, 6.07) is 0.162. The molecule has 6 nitrogen and oxygen atoms in total. The minimum absolute atomic E-state index is 0.0355. The third-order valence-corrected chi connectivity index (χ3v) is 3.57. The van der Waals surface area contributed by atoms with Crippen LogP contribution in [-0.4, -0.2) is 55.7 Å². The Morgan fingerprint density at radius 3 is 2.52 bits per heavy atom. The fourth-order valence-electron chi connectivity index (χ4n) is 2.29. The van der Waals surface area contributed by atoms with Crippen LogP contribution in [0.2, 0.25) is 0 Å². The van der Waals surface area contributed by atoms with Gasteiger partial charge >= 0.3 is 6.09 Å². The average molecular weight is 299 g/mol. The number of hydrogen-bond acceptors (Lipinski definition) is 4. The second kappa shape index (κ2) is 9.60. The number of nitrogens with zero attached hydrogens (tertiary/aromatic N) is 1. The molecule has 2 N–H and O–H groups in total. The molecule has 0 atom stereocenters. The number of carbonyl (C=O) groups excluding carboxylic acids is 2. The molecule has 0 bridgehead atoms. The van der Waals surface area contributed by atoms with Crippen molar-refractivity contribution in [1.82, 2.24) is 15.5 Å². The molecule has 1 aliphatic rings. The first-order valence-electron chi connectivity index (χ1n) is 7.94. The summed E-state index contributed by atoms with van der Waals surface area (Å²) in [5.74, 6) is 0.682. The fraction of sp³-hybridized carbons (Fsp3) is 0.867. The first kappa shape index (κ1) is 17.8. The molecule has 1 fully saturated rings. The van der Waals surface area contributed by atoms with Crippen LogP contribution in [0.1, 0.15) is 40.0 Å². The Morgan fingerprint density at radius 2 is 1.95 bits per heavy atom. The minimum Gasteiger partial charge on any atom is -0.450 e. The van der Waals surface area contributed by atoms with Gasteiger partial charge in [-0.2, -0.15) is 0 Å². The van der Waals surface area contributed by atoms with Crippen molar-refractivity contribution in [3.63, 3.8) is 0 Å². The number of nitrogens with one attached hydrogen (secondary N) is 2. The van der Waals surface area contributed by atoms with Crippen LogP contribution in [0.3, 0.4) is 0 Å². The highest BCUT2D eigenvalue weighted by Gasteiger charge is 2.24. The van der Waals surface area contributed by atoms with Crippen molar-refractivity contribution in [2.45, 2.75) is 46.1 Å². The lowest BCUT2D eigenvalue weighted by molar-refractivity contribution is -0.121. The number of amides is 2. The highest BCUT2D eigenvalue weighted by molar-refractivity contribution is 5.78. The molecular formula is C15H29N3O3. The van der Waals surface area contributed by atoms with E-state index in [1.807, 2.05) is 0 Å². The molecule has 21 heavy (non-hydrogen) atoms. The highest BCUT2D eigenvalue weighted by Crippen LogP contribution is 2.11. The summed E-state index contributed by atoms with van der Waals surface area (Å²) in [5, 5.41) is 6.17. The first-order valence-corrected chi connectivity index (χ1v) is 7.94. The fourth-order valence-corrected chi connectivity index (χ4v) is 2.29. The Labute approximate surface area is 127 Å². The molecule has 2 amide bonds. The van der Waals surface area contributed by atoms with Gasteiger partial charge in [-0.3, -0.25) is 4.79 Å². The smallest absolute Gasteiger partial charge is 0.409 e. The molecule has 1 rings (SSSR count). The normalized spacial score (nSPS) is 16.1. The molecule has 1 aliphatic heterocycles. The van der Waals surface area contributed by atoms with E-state index in [4.69, 9.17) is 4.74 Å². The van der Waals surface area contributed by atoms with E-state index in [-0.39, 0.29) is 18.0 Å². The molecule has 0 saturated carbocycles. The molecule has 6 heteroatoms. The van der Waals surface area contributed by atoms with E-state index in [9.17, 15) is 9.59 Å². The Kier molecular flexibility index (Phi) is 8.12. The van der Waals surface area contributed by atoms with Gasteiger partial charge in [-0.1, -0.05) is 13.8 Å². The summed E-state index contributed by atoms with van der Waals surface area (Å²) in [4.78, 5) is 25.1. The summed E-state index contributed by atoms with van der Waals surface area (Å²) in [6.07, 6.45) is 2.40. The van der Waals surface area contributed by atoms with Gasteiger partial charge in [0.1, 0.15) is 0 Å². The van der Waals surface area contributed by atoms with Gasteiger partial charge in [0.15, 0.2) is 0 Å². The largest absolute Gasteiger partial charge is 0.450 e. The van der Waals surface area contributed by atoms with Gasteiger partial charge in [-0.05, 0) is 38.6 Å². The lowest BCUT2D eigenvalue weighted by Crippen LogP contribution is -2.48. The lowest BCUT2D eigenvalue weighted by atomic mass is 10.1. The van der Waals surface area contributed by atoms with Crippen LogP contribution >= 0.6 is 0 Å². The Balaban J connectivity index is 2.14. The Morgan fingerprint density at radius 1 is 1.29 bits per heavy atom. The van der Waals surface area contributed by atoms with Crippen LogP contribution in [0.25, 0.3) is 0 Å². The van der Waals surface area contributed by atoms with Crippen LogP contribution in [0.5, 0.6) is 0 Å². The second-order valence-electron chi connectivity index (χ2n) is 5.89. The van der Waals surface area contributed by atoms with E-state index in [0.29, 0.717) is 32.2 Å². The summed E-state index contributed by atoms with van der Waals surface area (Å²) in [6.45, 7) is 9.05. The first-order chi connectivity index (χ1) is 10.0. The van der Waals surface area contributed by atoms with Gasteiger partial charge < -0.3 is 20.3 Å². The predicted molar refractivity (Wildman–Crippen MR) is 82.1 cm³/mol. The van der Waals surface area contributed by atoms with E-state index in [1.165, 1.54) is 0 Å². The maximum atomic E-state index is 11.8. The zero-order valence-corrected chi connectivity index (χ0v) is 13.5. The van der Waals surface area contributed by atoms with Crippen molar-refractivity contribution in [2.75, 3.05) is 32.8 Å². The van der Waals surface area contributed by atoms with E-state index in [2.05, 4.69) is 24.5 Å². The maximum absolute atomic E-state index is 11.8. The number of rotatable bonds is 7. The van der Waals surface area contributed by atoms with Crippen molar-refractivity contribution in [3.05, 3.63) is 0 Å². The van der Waals surface area contributed by atoms with Crippen molar-refractivity contribution in [2.24, 2.45) is 5.92 Å². The van der Waals surface area contributed by atoms with Crippen molar-refractivity contribution in [3.8, 4) is 0 Å². The standard InChI is InChI=1S/C15H29N3O3/c1-4-21-15(20)18-9-6-13(7-10-18)17-14(19)11-16-8-5-12(2)3/h12-13,16H,4-11H2,1-3H3,(H,17,19). The van der Waals surface area contributed by atoms with Gasteiger partial charge in [0, 0.05) is 19.1 Å². The molecule has 0 aromatic rings. The molecule has 1 saturated heterocycles. The number of ether oxygens (including phenoxy) is 1. The van der Waals surface area contributed by atoms with Gasteiger partial charge in [0.2, 0.25) is 5.91 Å². The monoisotopic (exact) mass is 299 g/mol. The number of likely N-dealkylation sites (tertiary alicyclic amines) is 1. The molecule has 1 heterocycles. The number of hydrogen-bond donors (Lipinski definition) is 2. The Bertz CT molecular complexity index is 326. The molecule has 0 unspecified atom stereocenters.